The van der Waals surface area contributed by atoms with E-state index in [0.717, 1.165) is 17.9 Å². The fourth-order valence-corrected chi connectivity index (χ4v) is 3.76. The van der Waals surface area contributed by atoms with E-state index in [1.54, 1.807) is 48.5 Å². The number of carbonyl (C=O) groups excluding carboxylic acids is 2. The van der Waals surface area contributed by atoms with Crippen LogP contribution in [0.3, 0.4) is 0 Å². The summed E-state index contributed by atoms with van der Waals surface area (Å²) < 4.78 is 11.8. The first kappa shape index (κ1) is 23.4. The summed E-state index contributed by atoms with van der Waals surface area (Å²) in [6, 6.07) is 29.9. The number of isocyanates is 2. The molecule has 0 unspecified atom stereocenters. The third kappa shape index (κ3) is 6.18. The zero-order valence-corrected chi connectivity index (χ0v) is 19.0. The predicted molar refractivity (Wildman–Crippen MR) is 134 cm³/mol. The molecule has 172 valence electrons. The highest BCUT2D eigenvalue weighted by atomic mass is 16.5. The summed E-state index contributed by atoms with van der Waals surface area (Å²) in [4.78, 5) is 27.8. The predicted octanol–water partition coefficient (Wildman–Crippen LogP) is 7.75. The van der Waals surface area contributed by atoms with Gasteiger partial charge in [-0.2, -0.15) is 9.98 Å². The van der Waals surface area contributed by atoms with Gasteiger partial charge in [0.25, 0.3) is 0 Å². The summed E-state index contributed by atoms with van der Waals surface area (Å²) in [7, 11) is 0. The fourth-order valence-electron chi connectivity index (χ4n) is 3.76. The molecule has 0 bridgehead atoms. The van der Waals surface area contributed by atoms with Crippen molar-refractivity contribution in [3.63, 3.8) is 0 Å². The lowest BCUT2D eigenvalue weighted by Gasteiger charge is -2.17. The third-order valence-electron chi connectivity index (χ3n) is 5.47. The smallest absolute Gasteiger partial charge is 0.240 e. The molecule has 0 fully saturated rings. The van der Waals surface area contributed by atoms with Crippen LogP contribution in [0.25, 0.3) is 0 Å². The van der Waals surface area contributed by atoms with Crippen LogP contribution in [0.15, 0.2) is 107 Å². The second kappa shape index (κ2) is 11.4. The van der Waals surface area contributed by atoms with Crippen LogP contribution in [-0.2, 0) is 9.59 Å². The summed E-state index contributed by atoms with van der Waals surface area (Å²) in [5, 5.41) is 0. The zero-order chi connectivity index (χ0) is 24.5. The van der Waals surface area contributed by atoms with Gasteiger partial charge in [-0.25, -0.2) is 9.59 Å². The lowest BCUT2D eigenvalue weighted by molar-refractivity contribution is 0.482. The Labute approximate surface area is 203 Å². The van der Waals surface area contributed by atoms with Gasteiger partial charge in [0.05, 0.1) is 11.4 Å². The molecule has 4 aromatic carbocycles. The van der Waals surface area contributed by atoms with E-state index in [1.807, 2.05) is 24.3 Å². The molecule has 0 aliphatic heterocycles. The van der Waals surface area contributed by atoms with Gasteiger partial charge in [0.15, 0.2) is 0 Å². The van der Waals surface area contributed by atoms with Crippen molar-refractivity contribution in [3.05, 3.63) is 108 Å². The summed E-state index contributed by atoms with van der Waals surface area (Å²) in [5.41, 5.74) is 3.45. The first-order chi connectivity index (χ1) is 17.2. The maximum Gasteiger partial charge on any atom is 0.240 e. The van der Waals surface area contributed by atoms with Gasteiger partial charge in [-0.15, -0.1) is 0 Å². The molecule has 0 saturated heterocycles. The number of hydrogen-bond acceptors (Lipinski definition) is 6. The number of benzene rings is 4. The minimum atomic E-state index is 0.235. The lowest BCUT2D eigenvalue weighted by atomic mass is 9.89. The van der Waals surface area contributed by atoms with Crippen molar-refractivity contribution in [1.29, 1.82) is 0 Å². The maximum absolute atomic E-state index is 10.3. The van der Waals surface area contributed by atoms with Crippen LogP contribution in [0.5, 0.6) is 23.0 Å². The molecule has 4 aromatic rings. The molecular formula is C29H22N2O4. The number of rotatable bonds is 9. The van der Waals surface area contributed by atoms with Crippen LogP contribution in [-0.4, -0.2) is 12.2 Å². The van der Waals surface area contributed by atoms with Crippen LogP contribution in [0.2, 0.25) is 0 Å². The first-order valence-electron chi connectivity index (χ1n) is 11.1. The van der Waals surface area contributed by atoms with Crippen LogP contribution >= 0.6 is 0 Å². The second-order valence-corrected chi connectivity index (χ2v) is 7.70. The van der Waals surface area contributed by atoms with Crippen LogP contribution in [0.1, 0.15) is 30.4 Å². The Kier molecular flexibility index (Phi) is 7.62. The van der Waals surface area contributed by atoms with Gasteiger partial charge in [0.2, 0.25) is 12.2 Å². The number of nitrogens with zero attached hydrogens (tertiary/aromatic N) is 2. The molecule has 0 spiro atoms. The van der Waals surface area contributed by atoms with Gasteiger partial charge in [-0.1, -0.05) is 31.2 Å². The van der Waals surface area contributed by atoms with Crippen molar-refractivity contribution in [2.24, 2.45) is 9.98 Å². The van der Waals surface area contributed by atoms with E-state index >= 15 is 0 Å². The van der Waals surface area contributed by atoms with Crippen molar-refractivity contribution >= 4 is 23.5 Å². The van der Waals surface area contributed by atoms with E-state index < -0.39 is 0 Å². The highest BCUT2D eigenvalue weighted by molar-refractivity contribution is 5.51. The highest BCUT2D eigenvalue weighted by Crippen LogP contribution is 2.32. The van der Waals surface area contributed by atoms with Crippen LogP contribution < -0.4 is 9.47 Å². The van der Waals surface area contributed by atoms with Crippen LogP contribution in [0.4, 0.5) is 11.4 Å². The van der Waals surface area contributed by atoms with Crippen molar-refractivity contribution < 1.29 is 19.1 Å². The summed E-state index contributed by atoms with van der Waals surface area (Å²) in [6.07, 6.45) is 3.99. The topological polar surface area (TPSA) is 77.3 Å². The first-order valence-corrected chi connectivity index (χ1v) is 11.1. The fraction of sp³-hybridized carbons (Fsp3) is 0.103. The van der Waals surface area contributed by atoms with Gasteiger partial charge in [-0.05, 0) is 90.3 Å². The summed E-state index contributed by atoms with van der Waals surface area (Å²) in [6.45, 7) is 2.16. The van der Waals surface area contributed by atoms with E-state index in [9.17, 15) is 9.59 Å². The standard InChI is InChI=1S/C29H22N2O4/c1-2-29(21-3-11-25(12-4-21)34-27-15-7-23(8-16-27)30-19-32)22-5-13-26(14-6-22)35-28-17-9-24(10-18-28)31-20-33/h3-18,29H,2H2,1H3. The Morgan fingerprint density at radius 1 is 0.571 bits per heavy atom. The van der Waals surface area contributed by atoms with Gasteiger partial charge < -0.3 is 9.47 Å². The molecule has 0 saturated carbocycles. The van der Waals surface area contributed by atoms with Gasteiger partial charge in [0, 0.05) is 5.92 Å². The van der Waals surface area contributed by atoms with E-state index in [0.29, 0.717) is 22.9 Å². The second-order valence-electron chi connectivity index (χ2n) is 7.70. The Bertz CT molecular complexity index is 1240. The summed E-state index contributed by atoms with van der Waals surface area (Å²) in [5.74, 6) is 3.01. The van der Waals surface area contributed by atoms with E-state index in [-0.39, 0.29) is 5.92 Å². The van der Waals surface area contributed by atoms with Crippen LogP contribution in [0, 0.1) is 0 Å². The number of hydrogen-bond donors (Lipinski definition) is 0. The minimum absolute atomic E-state index is 0.235. The molecule has 0 atom stereocenters. The quantitative estimate of drug-likeness (QED) is 0.188. The third-order valence-corrected chi connectivity index (χ3v) is 5.47. The maximum atomic E-state index is 10.3. The molecule has 6 heteroatoms. The molecule has 0 aliphatic carbocycles. The molecular weight excluding hydrogens is 440 g/mol. The van der Waals surface area contributed by atoms with E-state index in [1.165, 1.54) is 23.3 Å². The SMILES string of the molecule is CCC(c1ccc(Oc2ccc(N=C=O)cc2)cc1)c1ccc(Oc2ccc(N=C=O)cc2)cc1. The average Bonchev–Trinajstić information content (AvgIpc) is 2.89. The molecule has 0 amide bonds. The van der Waals surface area contributed by atoms with Gasteiger partial charge in [-0.3, -0.25) is 0 Å². The molecule has 0 N–H and O–H groups in total. The Balaban J connectivity index is 1.42. The van der Waals surface area contributed by atoms with Crippen molar-refractivity contribution in [3.8, 4) is 23.0 Å². The Morgan fingerprint density at radius 3 is 1.17 bits per heavy atom. The lowest BCUT2D eigenvalue weighted by Crippen LogP contribution is -1.99. The van der Waals surface area contributed by atoms with E-state index in [2.05, 4.69) is 41.2 Å². The van der Waals surface area contributed by atoms with Crippen molar-refractivity contribution in [2.75, 3.05) is 0 Å². The normalized spacial score (nSPS) is 11.0. The number of aliphatic imine (C=N–C) groups is 2. The number of ether oxygens (including phenoxy) is 2. The zero-order valence-electron chi connectivity index (χ0n) is 19.0. The van der Waals surface area contributed by atoms with E-state index in [4.69, 9.17) is 9.47 Å². The van der Waals surface area contributed by atoms with Gasteiger partial charge >= 0.3 is 0 Å². The Hall–Kier alpha value is -4.76. The molecule has 0 aliphatic rings. The van der Waals surface area contributed by atoms with Crippen molar-refractivity contribution in [1.82, 2.24) is 0 Å². The molecule has 0 radical (unpaired) electrons. The van der Waals surface area contributed by atoms with Crippen molar-refractivity contribution in [2.45, 2.75) is 19.3 Å². The molecule has 4 rings (SSSR count). The Morgan fingerprint density at radius 2 is 0.886 bits per heavy atom. The van der Waals surface area contributed by atoms with Gasteiger partial charge in [0.1, 0.15) is 23.0 Å². The molecule has 0 heterocycles. The highest BCUT2D eigenvalue weighted by Gasteiger charge is 2.13. The minimum Gasteiger partial charge on any atom is -0.457 e. The monoisotopic (exact) mass is 462 g/mol. The molecule has 0 aromatic heterocycles. The average molecular weight is 463 g/mol. The largest absolute Gasteiger partial charge is 0.457 e. The molecule has 6 nitrogen and oxygen atoms in total. The molecule has 35 heavy (non-hydrogen) atoms. The summed E-state index contributed by atoms with van der Waals surface area (Å²) >= 11 is 0.